The summed E-state index contributed by atoms with van der Waals surface area (Å²) in [7, 11) is 0. The highest BCUT2D eigenvalue weighted by Gasteiger charge is 2.20. The third-order valence-corrected chi connectivity index (χ3v) is 11.9. The molecule has 0 aliphatic carbocycles. The molecule has 53 heavy (non-hydrogen) atoms. The number of rotatable bonds is 46. The largest absolute Gasteiger partial charge is 0.394 e. The van der Waals surface area contributed by atoms with E-state index in [2.05, 4.69) is 19.2 Å². The van der Waals surface area contributed by atoms with Crippen LogP contribution in [0.4, 0.5) is 0 Å². The number of aliphatic hydroxyl groups excluding tert-OH is 2. The number of hydrogen-bond donors (Lipinski definition) is 3. The van der Waals surface area contributed by atoms with Gasteiger partial charge in [0.1, 0.15) is 0 Å². The van der Waals surface area contributed by atoms with E-state index in [1.54, 1.807) is 0 Å². The van der Waals surface area contributed by atoms with Crippen molar-refractivity contribution in [1.82, 2.24) is 5.32 Å². The van der Waals surface area contributed by atoms with Crippen molar-refractivity contribution >= 4 is 5.91 Å². The van der Waals surface area contributed by atoms with Gasteiger partial charge in [-0.15, -0.1) is 0 Å². The van der Waals surface area contributed by atoms with Crippen LogP contribution in [0, 0.1) is 0 Å². The van der Waals surface area contributed by atoms with E-state index in [-0.39, 0.29) is 12.5 Å². The van der Waals surface area contributed by atoms with Crippen LogP contribution in [-0.4, -0.2) is 34.9 Å². The highest BCUT2D eigenvalue weighted by molar-refractivity contribution is 5.76. The molecule has 0 bridgehead atoms. The molecule has 1 amide bonds. The van der Waals surface area contributed by atoms with E-state index in [0.717, 1.165) is 25.7 Å². The van der Waals surface area contributed by atoms with Gasteiger partial charge in [0.15, 0.2) is 0 Å². The molecule has 0 aliphatic heterocycles. The first-order chi connectivity index (χ1) is 26.2. The molecule has 4 heteroatoms. The van der Waals surface area contributed by atoms with Gasteiger partial charge in [-0.3, -0.25) is 4.79 Å². The number of carbonyl (C=O) groups excluding carboxylic acids is 1. The lowest BCUT2D eigenvalue weighted by molar-refractivity contribution is -0.123. The monoisotopic (exact) mass is 750 g/mol. The molecule has 0 aromatic rings. The van der Waals surface area contributed by atoms with Crippen molar-refractivity contribution in [3.8, 4) is 0 Å². The van der Waals surface area contributed by atoms with Crippen LogP contribution >= 0.6 is 0 Å². The molecule has 0 fully saturated rings. The lowest BCUT2D eigenvalue weighted by atomic mass is 10.0. The topological polar surface area (TPSA) is 69.6 Å². The molecular weight excluding hydrogens is 651 g/mol. The average Bonchev–Trinajstić information content (AvgIpc) is 3.16. The second-order valence-electron chi connectivity index (χ2n) is 17.3. The number of aliphatic hydroxyl groups is 2. The molecule has 0 heterocycles. The standard InChI is InChI=1S/C49H99NO3/c1-3-5-7-9-11-13-14-15-16-17-18-19-20-21-22-23-24-25-26-27-28-29-30-31-32-33-34-35-37-38-40-42-44-48(52)47(46-51)50-49(53)45-43-41-39-36-12-10-8-6-4-2/h47-48,51-52H,3-46H2,1-2H3,(H,50,53). The molecule has 2 atom stereocenters. The first-order valence-corrected chi connectivity index (χ1v) is 24.7. The van der Waals surface area contributed by atoms with Gasteiger partial charge >= 0.3 is 0 Å². The Balaban J connectivity index is 3.33. The third kappa shape index (κ3) is 42.4. The summed E-state index contributed by atoms with van der Waals surface area (Å²) in [6.45, 7) is 4.36. The summed E-state index contributed by atoms with van der Waals surface area (Å²) in [4.78, 5) is 12.3. The van der Waals surface area contributed by atoms with E-state index < -0.39 is 12.1 Å². The van der Waals surface area contributed by atoms with E-state index in [1.807, 2.05) is 0 Å². The maximum absolute atomic E-state index is 12.3. The average molecular weight is 750 g/mol. The van der Waals surface area contributed by atoms with Crippen LogP contribution < -0.4 is 5.32 Å². The summed E-state index contributed by atoms with van der Waals surface area (Å²) in [5.74, 6) is -0.0305. The number of unbranched alkanes of at least 4 members (excludes halogenated alkanes) is 39. The molecule has 0 radical (unpaired) electrons. The minimum atomic E-state index is -0.652. The Kier molecular flexibility index (Phi) is 45.3. The highest BCUT2D eigenvalue weighted by atomic mass is 16.3. The summed E-state index contributed by atoms with van der Waals surface area (Å²) in [6, 6.07) is -0.528. The first kappa shape index (κ1) is 52.4. The molecule has 0 rings (SSSR count). The van der Waals surface area contributed by atoms with Gasteiger partial charge in [0.2, 0.25) is 5.91 Å². The lowest BCUT2D eigenvalue weighted by Crippen LogP contribution is -2.45. The Labute approximate surface area is 334 Å². The van der Waals surface area contributed by atoms with Crippen LogP contribution in [0.2, 0.25) is 0 Å². The third-order valence-electron chi connectivity index (χ3n) is 11.9. The van der Waals surface area contributed by atoms with E-state index >= 15 is 0 Å². The molecule has 0 aliphatic rings. The molecule has 3 N–H and O–H groups in total. The summed E-state index contributed by atoms with van der Waals surface area (Å²) in [5.41, 5.74) is 0. The van der Waals surface area contributed by atoms with Crippen molar-refractivity contribution in [2.75, 3.05) is 6.61 Å². The molecule has 318 valence electrons. The zero-order valence-corrected chi connectivity index (χ0v) is 36.6. The van der Waals surface area contributed by atoms with Crippen molar-refractivity contribution < 1.29 is 15.0 Å². The van der Waals surface area contributed by atoms with Crippen LogP contribution in [0.15, 0.2) is 0 Å². The van der Waals surface area contributed by atoms with Gasteiger partial charge in [0.25, 0.3) is 0 Å². The quantitative estimate of drug-likeness (QED) is 0.0543. The maximum Gasteiger partial charge on any atom is 0.220 e. The Morgan fingerprint density at radius 3 is 0.849 bits per heavy atom. The minimum absolute atomic E-state index is 0.0305. The Hall–Kier alpha value is -0.610. The molecule has 4 nitrogen and oxygen atoms in total. The number of hydrogen-bond acceptors (Lipinski definition) is 3. The van der Waals surface area contributed by atoms with E-state index in [4.69, 9.17) is 0 Å². The van der Waals surface area contributed by atoms with Crippen LogP contribution in [0.3, 0.4) is 0 Å². The lowest BCUT2D eigenvalue weighted by Gasteiger charge is -2.22. The van der Waals surface area contributed by atoms with Gasteiger partial charge in [-0.25, -0.2) is 0 Å². The molecule has 0 saturated heterocycles. The fourth-order valence-electron chi connectivity index (χ4n) is 8.07. The fraction of sp³-hybridized carbons (Fsp3) is 0.980. The molecule has 0 saturated carbocycles. The zero-order chi connectivity index (χ0) is 38.6. The van der Waals surface area contributed by atoms with Crippen molar-refractivity contribution in [3.05, 3.63) is 0 Å². The molecule has 0 spiro atoms. The molecule has 0 aromatic carbocycles. The molecule has 0 aromatic heterocycles. The number of carbonyl (C=O) groups is 1. The maximum atomic E-state index is 12.3. The van der Waals surface area contributed by atoms with Crippen molar-refractivity contribution in [2.24, 2.45) is 0 Å². The van der Waals surface area contributed by atoms with Crippen LogP contribution in [0.1, 0.15) is 290 Å². The summed E-state index contributed by atoms with van der Waals surface area (Å²) in [6.07, 6.45) is 56.6. The molecular formula is C49H99NO3. The van der Waals surface area contributed by atoms with Crippen molar-refractivity contribution in [3.63, 3.8) is 0 Å². The second kappa shape index (κ2) is 45.8. The summed E-state index contributed by atoms with van der Waals surface area (Å²) in [5, 5.41) is 23.1. The number of amides is 1. The predicted octanol–water partition coefficient (Wildman–Crippen LogP) is 15.6. The Morgan fingerprint density at radius 1 is 0.377 bits per heavy atom. The van der Waals surface area contributed by atoms with Gasteiger partial charge in [-0.2, -0.15) is 0 Å². The van der Waals surface area contributed by atoms with E-state index in [1.165, 1.54) is 238 Å². The van der Waals surface area contributed by atoms with Gasteiger partial charge in [0.05, 0.1) is 18.8 Å². The van der Waals surface area contributed by atoms with Crippen molar-refractivity contribution in [1.29, 1.82) is 0 Å². The normalized spacial score (nSPS) is 12.8. The molecule has 2 unspecified atom stereocenters. The minimum Gasteiger partial charge on any atom is -0.394 e. The Bertz CT molecular complexity index is 685. The SMILES string of the molecule is CCCCCCCCCCCCCCCCCCCCCCCCCCCCCCCCCCC(O)C(CO)NC(=O)CCCCCCCCCCC. The van der Waals surface area contributed by atoms with Gasteiger partial charge in [-0.05, 0) is 12.8 Å². The highest BCUT2D eigenvalue weighted by Crippen LogP contribution is 2.18. The van der Waals surface area contributed by atoms with Gasteiger partial charge in [-0.1, -0.05) is 271 Å². The fourth-order valence-corrected chi connectivity index (χ4v) is 8.07. The van der Waals surface area contributed by atoms with E-state index in [9.17, 15) is 15.0 Å². The number of nitrogens with one attached hydrogen (secondary N) is 1. The van der Waals surface area contributed by atoms with Gasteiger partial charge in [0, 0.05) is 6.42 Å². The Morgan fingerprint density at radius 2 is 0.604 bits per heavy atom. The summed E-state index contributed by atoms with van der Waals surface area (Å²) < 4.78 is 0. The van der Waals surface area contributed by atoms with Crippen LogP contribution in [-0.2, 0) is 4.79 Å². The van der Waals surface area contributed by atoms with Gasteiger partial charge < -0.3 is 15.5 Å². The van der Waals surface area contributed by atoms with Crippen LogP contribution in [0.25, 0.3) is 0 Å². The van der Waals surface area contributed by atoms with E-state index in [0.29, 0.717) is 12.8 Å². The second-order valence-corrected chi connectivity index (χ2v) is 17.3. The zero-order valence-electron chi connectivity index (χ0n) is 36.6. The van der Waals surface area contributed by atoms with Crippen LogP contribution in [0.5, 0.6) is 0 Å². The smallest absolute Gasteiger partial charge is 0.220 e. The summed E-state index contributed by atoms with van der Waals surface area (Å²) >= 11 is 0. The van der Waals surface area contributed by atoms with Crippen molar-refractivity contribution in [2.45, 2.75) is 302 Å². The first-order valence-electron chi connectivity index (χ1n) is 24.7. The predicted molar refractivity (Wildman–Crippen MR) is 235 cm³/mol.